The van der Waals surface area contributed by atoms with Crippen molar-refractivity contribution in [2.75, 3.05) is 13.1 Å². The molecule has 0 radical (unpaired) electrons. The molecule has 0 spiro atoms. The van der Waals surface area contributed by atoms with Crippen molar-refractivity contribution in [1.82, 2.24) is 14.7 Å². The minimum absolute atomic E-state index is 0.206. The van der Waals surface area contributed by atoms with Gasteiger partial charge in [0.05, 0.1) is 17.8 Å². The minimum atomic E-state index is -0.941. The predicted octanol–water partition coefficient (Wildman–Crippen LogP) is 2.04. The molecule has 3 aliphatic carbocycles. The lowest BCUT2D eigenvalue weighted by atomic mass is 9.99. The van der Waals surface area contributed by atoms with Crippen molar-refractivity contribution < 1.29 is 14.7 Å². The van der Waals surface area contributed by atoms with Gasteiger partial charge in [-0.1, -0.05) is 0 Å². The SMILES string of the molecule is O=C(O)c1cnn(C2CCN(C(=O)C3C4C5CCC(C5)C34)CC2)c1. The lowest BCUT2D eigenvalue weighted by Crippen LogP contribution is -2.40. The summed E-state index contributed by atoms with van der Waals surface area (Å²) >= 11 is 0. The standard InChI is InChI=1S/C18H23N3O3/c22-17(16-14-10-1-2-11(7-10)15(14)16)20-5-3-13(4-6-20)21-9-12(8-19-21)18(23)24/h8-11,13-16H,1-7H2,(H,23,24). The summed E-state index contributed by atoms with van der Waals surface area (Å²) in [6, 6.07) is 0.206. The van der Waals surface area contributed by atoms with E-state index in [2.05, 4.69) is 10.00 Å². The molecule has 1 amide bonds. The van der Waals surface area contributed by atoms with Gasteiger partial charge >= 0.3 is 5.97 Å². The highest BCUT2D eigenvalue weighted by molar-refractivity contribution is 5.86. The number of likely N-dealkylation sites (tertiary alicyclic amines) is 1. The average molecular weight is 329 g/mol. The van der Waals surface area contributed by atoms with Crippen LogP contribution in [0.2, 0.25) is 0 Å². The second kappa shape index (κ2) is 5.07. The lowest BCUT2D eigenvalue weighted by Gasteiger charge is -2.32. The predicted molar refractivity (Wildman–Crippen MR) is 85.3 cm³/mol. The van der Waals surface area contributed by atoms with Crippen LogP contribution in [0.4, 0.5) is 0 Å². The molecule has 2 heterocycles. The Kier molecular flexibility index (Phi) is 3.06. The van der Waals surface area contributed by atoms with Crippen molar-refractivity contribution in [2.24, 2.45) is 29.6 Å². The van der Waals surface area contributed by atoms with Crippen LogP contribution in [-0.4, -0.2) is 44.8 Å². The van der Waals surface area contributed by atoms with Crippen molar-refractivity contribution in [2.45, 2.75) is 38.1 Å². The van der Waals surface area contributed by atoms with Crippen LogP contribution in [0, 0.1) is 29.6 Å². The first kappa shape index (κ1) is 14.5. The Hall–Kier alpha value is -1.85. The van der Waals surface area contributed by atoms with Gasteiger partial charge in [0.1, 0.15) is 0 Å². The fourth-order valence-corrected chi connectivity index (χ4v) is 5.87. The molecule has 128 valence electrons. The number of amides is 1. The molecule has 4 atom stereocenters. The molecule has 2 bridgehead atoms. The average Bonchev–Trinajstić information content (AvgIpc) is 2.99. The first-order valence-electron chi connectivity index (χ1n) is 9.19. The van der Waals surface area contributed by atoms with Gasteiger partial charge in [-0.2, -0.15) is 5.10 Å². The van der Waals surface area contributed by atoms with Crippen LogP contribution in [0.15, 0.2) is 12.4 Å². The van der Waals surface area contributed by atoms with E-state index in [9.17, 15) is 9.59 Å². The van der Waals surface area contributed by atoms with E-state index in [1.807, 2.05) is 0 Å². The molecular formula is C18H23N3O3. The van der Waals surface area contributed by atoms with Gasteiger partial charge in [-0.05, 0) is 55.8 Å². The highest BCUT2D eigenvalue weighted by atomic mass is 16.4. The Morgan fingerprint density at radius 2 is 1.75 bits per heavy atom. The Labute approximate surface area is 140 Å². The van der Waals surface area contributed by atoms with Crippen molar-refractivity contribution in [3.05, 3.63) is 18.0 Å². The van der Waals surface area contributed by atoms with Gasteiger partial charge in [-0.3, -0.25) is 9.48 Å². The highest BCUT2D eigenvalue weighted by Gasteiger charge is 2.68. The maximum atomic E-state index is 12.9. The molecule has 1 aromatic heterocycles. The lowest BCUT2D eigenvalue weighted by molar-refractivity contribution is -0.135. The summed E-state index contributed by atoms with van der Waals surface area (Å²) in [4.78, 5) is 25.9. The molecule has 4 aliphatic rings. The zero-order valence-electron chi connectivity index (χ0n) is 13.7. The third-order valence-electron chi connectivity index (χ3n) is 7.02. The van der Waals surface area contributed by atoms with E-state index >= 15 is 0 Å². The first-order valence-corrected chi connectivity index (χ1v) is 9.19. The van der Waals surface area contributed by atoms with Crippen LogP contribution in [0.5, 0.6) is 0 Å². The summed E-state index contributed by atoms with van der Waals surface area (Å²) in [5.41, 5.74) is 0.231. The number of rotatable bonds is 3. The molecule has 4 unspecified atom stereocenters. The molecular weight excluding hydrogens is 306 g/mol. The molecule has 1 aromatic rings. The van der Waals surface area contributed by atoms with E-state index in [4.69, 9.17) is 5.11 Å². The summed E-state index contributed by atoms with van der Waals surface area (Å²) in [7, 11) is 0. The number of carboxylic acid groups (broad SMARTS) is 1. The van der Waals surface area contributed by atoms with Crippen LogP contribution >= 0.6 is 0 Å². The number of aromatic carboxylic acids is 1. The number of carbonyl (C=O) groups excluding carboxylic acids is 1. The van der Waals surface area contributed by atoms with Crippen molar-refractivity contribution in [3.8, 4) is 0 Å². The maximum Gasteiger partial charge on any atom is 0.338 e. The second-order valence-electron chi connectivity index (χ2n) is 8.08. The quantitative estimate of drug-likeness (QED) is 0.921. The van der Waals surface area contributed by atoms with Gasteiger partial charge < -0.3 is 10.0 Å². The van der Waals surface area contributed by atoms with E-state index < -0.39 is 5.97 Å². The van der Waals surface area contributed by atoms with E-state index in [-0.39, 0.29) is 11.6 Å². The Morgan fingerprint density at radius 3 is 2.33 bits per heavy atom. The number of aromatic nitrogens is 2. The maximum absolute atomic E-state index is 12.9. The van der Waals surface area contributed by atoms with E-state index in [1.54, 1.807) is 10.9 Å². The van der Waals surface area contributed by atoms with Crippen LogP contribution in [0.1, 0.15) is 48.5 Å². The zero-order chi connectivity index (χ0) is 16.4. The van der Waals surface area contributed by atoms with E-state index in [1.165, 1.54) is 25.5 Å². The van der Waals surface area contributed by atoms with E-state index in [0.717, 1.165) is 37.8 Å². The Bertz CT molecular complexity index is 675. The van der Waals surface area contributed by atoms with Crippen LogP contribution in [0.25, 0.3) is 0 Å². The summed E-state index contributed by atoms with van der Waals surface area (Å²) in [5.74, 6) is 2.87. The molecule has 0 aromatic carbocycles. The summed E-state index contributed by atoms with van der Waals surface area (Å²) in [5, 5.41) is 13.2. The van der Waals surface area contributed by atoms with Gasteiger partial charge in [0.15, 0.2) is 0 Å². The molecule has 1 saturated heterocycles. The fraction of sp³-hybridized carbons (Fsp3) is 0.722. The normalized spacial score (nSPS) is 37.5. The largest absolute Gasteiger partial charge is 0.478 e. The van der Waals surface area contributed by atoms with Gasteiger partial charge in [0, 0.05) is 25.2 Å². The molecule has 1 aliphatic heterocycles. The monoisotopic (exact) mass is 329 g/mol. The fourth-order valence-electron chi connectivity index (χ4n) is 5.87. The van der Waals surface area contributed by atoms with Crippen molar-refractivity contribution in [3.63, 3.8) is 0 Å². The van der Waals surface area contributed by atoms with Crippen molar-refractivity contribution in [1.29, 1.82) is 0 Å². The molecule has 4 fully saturated rings. The zero-order valence-corrected chi connectivity index (χ0v) is 13.7. The van der Waals surface area contributed by atoms with Gasteiger partial charge in [-0.15, -0.1) is 0 Å². The highest BCUT2D eigenvalue weighted by Crippen LogP contribution is 2.69. The van der Waals surface area contributed by atoms with Crippen LogP contribution in [0.3, 0.4) is 0 Å². The van der Waals surface area contributed by atoms with Gasteiger partial charge in [-0.25, -0.2) is 4.79 Å². The summed E-state index contributed by atoms with van der Waals surface area (Å²) < 4.78 is 1.76. The number of fused-ring (bicyclic) bond motifs is 5. The molecule has 3 saturated carbocycles. The number of piperidine rings is 1. The number of hydrogen-bond donors (Lipinski definition) is 1. The third kappa shape index (κ3) is 2.04. The topological polar surface area (TPSA) is 75.4 Å². The number of carbonyl (C=O) groups is 2. The molecule has 5 rings (SSSR count). The minimum Gasteiger partial charge on any atom is -0.478 e. The summed E-state index contributed by atoms with van der Waals surface area (Å²) in [6.07, 6.45) is 8.81. The van der Waals surface area contributed by atoms with Crippen LogP contribution in [-0.2, 0) is 4.79 Å². The first-order chi connectivity index (χ1) is 11.6. The van der Waals surface area contributed by atoms with E-state index in [0.29, 0.717) is 23.7 Å². The van der Waals surface area contributed by atoms with Crippen LogP contribution < -0.4 is 0 Å². The molecule has 1 N–H and O–H groups in total. The summed E-state index contributed by atoms with van der Waals surface area (Å²) in [6.45, 7) is 1.55. The Morgan fingerprint density at radius 1 is 1.08 bits per heavy atom. The second-order valence-corrected chi connectivity index (χ2v) is 8.08. The van der Waals surface area contributed by atoms with Crippen molar-refractivity contribution >= 4 is 11.9 Å². The number of nitrogens with zero attached hydrogens (tertiary/aromatic N) is 3. The molecule has 24 heavy (non-hydrogen) atoms. The number of hydrogen-bond acceptors (Lipinski definition) is 3. The Balaban J connectivity index is 1.20. The van der Waals surface area contributed by atoms with Gasteiger partial charge in [0.2, 0.25) is 5.91 Å². The number of carboxylic acids is 1. The smallest absolute Gasteiger partial charge is 0.338 e. The molecule has 6 heteroatoms. The third-order valence-corrected chi connectivity index (χ3v) is 7.02. The van der Waals surface area contributed by atoms with Gasteiger partial charge in [0.25, 0.3) is 0 Å². The molecule has 6 nitrogen and oxygen atoms in total.